The van der Waals surface area contributed by atoms with Crippen molar-refractivity contribution in [3.8, 4) is 5.75 Å². The number of piperidine rings is 1. The predicted molar refractivity (Wildman–Crippen MR) is 129 cm³/mol. The summed E-state index contributed by atoms with van der Waals surface area (Å²) in [6.45, 7) is 7.48. The maximum Gasteiger partial charge on any atom is 0.233 e. The average molecular weight is 517 g/mol. The van der Waals surface area contributed by atoms with E-state index in [1.807, 2.05) is 12.1 Å². The van der Waals surface area contributed by atoms with Crippen molar-refractivity contribution in [1.82, 2.24) is 20.9 Å². The Morgan fingerprint density at radius 1 is 1.31 bits per heavy atom. The van der Waals surface area contributed by atoms with Gasteiger partial charge in [0.05, 0.1) is 13.7 Å². The molecule has 0 spiro atoms. The summed E-state index contributed by atoms with van der Waals surface area (Å²) < 4.78 is 5.35. The fourth-order valence-electron chi connectivity index (χ4n) is 3.36. The van der Waals surface area contributed by atoms with Crippen molar-refractivity contribution >= 4 is 35.8 Å². The van der Waals surface area contributed by atoms with Crippen LogP contribution < -0.4 is 20.7 Å². The molecule has 29 heavy (non-hydrogen) atoms. The minimum Gasteiger partial charge on any atom is -0.497 e. The number of ether oxygens (including phenoxy) is 1. The van der Waals surface area contributed by atoms with Crippen LogP contribution in [0.1, 0.15) is 32.3 Å². The van der Waals surface area contributed by atoms with Crippen molar-refractivity contribution in [2.24, 2.45) is 4.99 Å². The highest BCUT2D eigenvalue weighted by molar-refractivity contribution is 14.0. The van der Waals surface area contributed by atoms with Gasteiger partial charge in [0, 0.05) is 45.2 Å². The standard InChI is InChI=1S/C21H35N5O2.HI/c1-21(2,16-7-6-8-18(13-16)28-5)15-24-20(23-4)25-17-9-11-26(12-10-17)14-19(27)22-3;/h6-8,13,17H,9-12,14-15H2,1-5H3,(H,22,27)(H2,23,24,25);1H. The molecule has 164 valence electrons. The number of nitrogens with one attached hydrogen (secondary N) is 3. The van der Waals surface area contributed by atoms with Gasteiger partial charge in [-0.3, -0.25) is 14.7 Å². The van der Waals surface area contributed by atoms with Crippen LogP contribution in [0.2, 0.25) is 0 Å². The fraction of sp³-hybridized carbons (Fsp3) is 0.619. The summed E-state index contributed by atoms with van der Waals surface area (Å²) in [5.74, 6) is 1.76. The largest absolute Gasteiger partial charge is 0.497 e. The quantitative estimate of drug-likeness (QED) is 0.293. The molecule has 1 aromatic carbocycles. The summed E-state index contributed by atoms with van der Waals surface area (Å²) in [6.07, 6.45) is 1.99. The SMILES string of the molecule is CN=C(NCC(C)(C)c1cccc(OC)c1)NC1CCN(CC(=O)NC)CC1.I. The van der Waals surface area contributed by atoms with Crippen LogP contribution in [0, 0.1) is 0 Å². The average Bonchev–Trinajstić information content (AvgIpc) is 2.72. The monoisotopic (exact) mass is 517 g/mol. The molecule has 2 rings (SSSR count). The molecule has 1 saturated heterocycles. The first-order valence-corrected chi connectivity index (χ1v) is 9.92. The van der Waals surface area contributed by atoms with E-state index in [0.29, 0.717) is 12.6 Å². The highest BCUT2D eigenvalue weighted by atomic mass is 127. The van der Waals surface area contributed by atoms with E-state index in [9.17, 15) is 4.79 Å². The third-order valence-electron chi connectivity index (χ3n) is 5.35. The third-order valence-corrected chi connectivity index (χ3v) is 5.35. The number of halogens is 1. The lowest BCUT2D eigenvalue weighted by Crippen LogP contribution is -2.51. The Balaban J connectivity index is 0.00000420. The lowest BCUT2D eigenvalue weighted by atomic mass is 9.84. The molecule has 7 nitrogen and oxygen atoms in total. The summed E-state index contributed by atoms with van der Waals surface area (Å²) in [4.78, 5) is 18.1. The Kier molecular flexibility index (Phi) is 10.7. The lowest BCUT2D eigenvalue weighted by Gasteiger charge is -2.33. The second-order valence-corrected chi connectivity index (χ2v) is 7.91. The van der Waals surface area contributed by atoms with Crippen molar-refractivity contribution in [3.63, 3.8) is 0 Å². The minimum absolute atomic E-state index is 0. The second kappa shape index (κ2) is 12.2. The lowest BCUT2D eigenvalue weighted by molar-refractivity contribution is -0.122. The van der Waals surface area contributed by atoms with Gasteiger partial charge in [-0.2, -0.15) is 0 Å². The van der Waals surface area contributed by atoms with Gasteiger partial charge in [0.15, 0.2) is 5.96 Å². The van der Waals surface area contributed by atoms with Gasteiger partial charge in [0.25, 0.3) is 0 Å². The zero-order valence-electron chi connectivity index (χ0n) is 18.2. The number of methoxy groups -OCH3 is 1. The number of nitrogens with zero attached hydrogens (tertiary/aromatic N) is 2. The van der Waals surface area contributed by atoms with Crippen molar-refractivity contribution in [2.75, 3.05) is 47.4 Å². The number of benzene rings is 1. The van der Waals surface area contributed by atoms with E-state index in [1.165, 1.54) is 5.56 Å². The van der Waals surface area contributed by atoms with Crippen LogP contribution >= 0.6 is 24.0 Å². The molecule has 1 aromatic rings. The van der Waals surface area contributed by atoms with E-state index in [1.54, 1.807) is 21.2 Å². The number of likely N-dealkylation sites (N-methyl/N-ethyl adjacent to an activating group) is 1. The van der Waals surface area contributed by atoms with Crippen LogP contribution in [0.15, 0.2) is 29.3 Å². The molecular weight excluding hydrogens is 481 g/mol. The molecule has 1 heterocycles. The van der Waals surface area contributed by atoms with E-state index < -0.39 is 0 Å². The first kappa shape index (κ1) is 25.5. The van der Waals surface area contributed by atoms with E-state index in [0.717, 1.165) is 44.2 Å². The van der Waals surface area contributed by atoms with E-state index in [-0.39, 0.29) is 35.3 Å². The second-order valence-electron chi connectivity index (χ2n) is 7.91. The van der Waals surface area contributed by atoms with Gasteiger partial charge >= 0.3 is 0 Å². The van der Waals surface area contributed by atoms with E-state index in [2.05, 4.69) is 51.8 Å². The number of hydrogen-bond donors (Lipinski definition) is 3. The van der Waals surface area contributed by atoms with Crippen LogP contribution in [0.25, 0.3) is 0 Å². The van der Waals surface area contributed by atoms with Crippen LogP contribution in [0.5, 0.6) is 5.75 Å². The number of rotatable bonds is 7. The van der Waals surface area contributed by atoms with Crippen molar-refractivity contribution < 1.29 is 9.53 Å². The zero-order chi connectivity index (χ0) is 20.6. The molecule has 1 fully saturated rings. The Morgan fingerprint density at radius 2 is 2.00 bits per heavy atom. The molecule has 0 unspecified atom stereocenters. The molecule has 0 aromatic heterocycles. The molecule has 0 bridgehead atoms. The fourth-order valence-corrected chi connectivity index (χ4v) is 3.36. The first-order chi connectivity index (χ1) is 13.4. The number of carbonyl (C=O) groups is 1. The molecule has 0 aliphatic carbocycles. The first-order valence-electron chi connectivity index (χ1n) is 9.92. The maximum atomic E-state index is 11.5. The molecule has 0 saturated carbocycles. The number of aliphatic imine (C=N–C) groups is 1. The van der Waals surface area contributed by atoms with Gasteiger partial charge in [0.1, 0.15) is 5.75 Å². The van der Waals surface area contributed by atoms with Gasteiger partial charge in [-0.25, -0.2) is 0 Å². The van der Waals surface area contributed by atoms with Gasteiger partial charge in [-0.15, -0.1) is 24.0 Å². The molecule has 0 radical (unpaired) electrons. The summed E-state index contributed by atoms with van der Waals surface area (Å²) >= 11 is 0. The Bertz CT molecular complexity index is 673. The molecule has 1 aliphatic rings. The number of guanidine groups is 1. The number of amides is 1. The summed E-state index contributed by atoms with van der Waals surface area (Å²) in [7, 11) is 5.17. The highest BCUT2D eigenvalue weighted by Gasteiger charge is 2.24. The molecular formula is C21H36IN5O2. The number of carbonyl (C=O) groups excluding carboxylic acids is 1. The minimum atomic E-state index is -0.0664. The normalized spacial score (nSPS) is 16.0. The van der Waals surface area contributed by atoms with Gasteiger partial charge in [-0.1, -0.05) is 26.0 Å². The summed E-state index contributed by atoms with van der Waals surface area (Å²) in [6, 6.07) is 8.56. The van der Waals surface area contributed by atoms with E-state index in [4.69, 9.17) is 4.74 Å². The Labute approximate surface area is 192 Å². The van der Waals surface area contributed by atoms with Crippen LogP contribution in [0.3, 0.4) is 0 Å². The molecule has 1 aliphatic heterocycles. The van der Waals surface area contributed by atoms with Crippen molar-refractivity contribution in [2.45, 2.75) is 38.1 Å². The van der Waals surface area contributed by atoms with Gasteiger partial charge in [-0.05, 0) is 30.5 Å². The molecule has 1 amide bonds. The molecule has 3 N–H and O–H groups in total. The topological polar surface area (TPSA) is 78.0 Å². The third kappa shape index (κ3) is 8.00. The molecule has 8 heteroatoms. The number of likely N-dealkylation sites (tertiary alicyclic amines) is 1. The Hall–Kier alpha value is -1.55. The maximum absolute atomic E-state index is 11.5. The van der Waals surface area contributed by atoms with Crippen molar-refractivity contribution in [1.29, 1.82) is 0 Å². The summed E-state index contributed by atoms with van der Waals surface area (Å²) in [5, 5.41) is 9.68. The predicted octanol–water partition coefficient (Wildman–Crippen LogP) is 1.97. The Morgan fingerprint density at radius 3 is 2.59 bits per heavy atom. The van der Waals surface area contributed by atoms with Gasteiger partial charge in [0.2, 0.25) is 5.91 Å². The van der Waals surface area contributed by atoms with Gasteiger partial charge < -0.3 is 20.7 Å². The van der Waals surface area contributed by atoms with Crippen LogP contribution in [0.4, 0.5) is 0 Å². The van der Waals surface area contributed by atoms with E-state index >= 15 is 0 Å². The molecule has 0 atom stereocenters. The number of hydrogen-bond acceptors (Lipinski definition) is 4. The zero-order valence-corrected chi connectivity index (χ0v) is 20.6. The smallest absolute Gasteiger partial charge is 0.233 e. The van der Waals surface area contributed by atoms with Crippen molar-refractivity contribution in [3.05, 3.63) is 29.8 Å². The summed E-state index contributed by atoms with van der Waals surface area (Å²) in [5.41, 5.74) is 1.15. The van der Waals surface area contributed by atoms with Crippen LogP contribution in [-0.2, 0) is 10.2 Å². The highest BCUT2D eigenvalue weighted by Crippen LogP contribution is 2.25. The van der Waals surface area contributed by atoms with Crippen LogP contribution in [-0.4, -0.2) is 70.2 Å².